The molecule has 1 heterocycles. The molecule has 0 unspecified atom stereocenters. The Morgan fingerprint density at radius 3 is 2.39 bits per heavy atom. The van der Waals surface area contributed by atoms with E-state index in [4.69, 9.17) is 9.47 Å². The number of amides is 1. The number of benzene rings is 3. The van der Waals surface area contributed by atoms with E-state index in [0.717, 1.165) is 22.2 Å². The molecule has 0 bridgehead atoms. The fourth-order valence-corrected chi connectivity index (χ4v) is 5.94. The predicted molar refractivity (Wildman–Crippen MR) is 143 cm³/mol. The van der Waals surface area contributed by atoms with Gasteiger partial charge in [-0.1, -0.05) is 30.3 Å². The number of hydrogen-bond donors (Lipinski definition) is 1. The van der Waals surface area contributed by atoms with Crippen LogP contribution in [0.4, 0.5) is 5.69 Å². The fraction of sp³-hybridized carbons (Fsp3) is 0.370. The fourth-order valence-electron chi connectivity index (χ4n) is 4.45. The van der Waals surface area contributed by atoms with Crippen LogP contribution in [0, 0.1) is 0 Å². The van der Waals surface area contributed by atoms with Crippen molar-refractivity contribution in [1.29, 1.82) is 0 Å². The van der Waals surface area contributed by atoms with E-state index in [1.165, 1.54) is 0 Å². The molecule has 192 valence electrons. The quantitative estimate of drug-likeness (QED) is 0.419. The molecular weight excluding hydrogens is 478 g/mol. The summed E-state index contributed by atoms with van der Waals surface area (Å²) in [4.78, 5) is 15.2. The third-order valence-electron chi connectivity index (χ3n) is 6.35. The average Bonchev–Trinajstić information content (AvgIpc) is 2.91. The van der Waals surface area contributed by atoms with Crippen molar-refractivity contribution >= 4 is 32.4 Å². The Labute approximate surface area is 212 Å². The molecule has 1 aliphatic heterocycles. The van der Waals surface area contributed by atoms with E-state index >= 15 is 0 Å². The summed E-state index contributed by atoms with van der Waals surface area (Å²) < 4.78 is 38.2. The smallest absolute Gasteiger partial charge is 0.255 e. The summed E-state index contributed by atoms with van der Waals surface area (Å²) in [7, 11) is -1.77. The number of fused-ring (bicyclic) bond motifs is 1. The van der Waals surface area contributed by atoms with E-state index in [2.05, 4.69) is 10.2 Å². The van der Waals surface area contributed by atoms with Crippen molar-refractivity contribution in [2.45, 2.75) is 13.3 Å². The molecule has 1 fully saturated rings. The topological polar surface area (TPSA) is 88.2 Å². The van der Waals surface area contributed by atoms with Crippen molar-refractivity contribution in [2.75, 3.05) is 57.1 Å². The van der Waals surface area contributed by atoms with Crippen LogP contribution >= 0.6 is 0 Å². The molecule has 1 saturated heterocycles. The van der Waals surface area contributed by atoms with Gasteiger partial charge in [0.1, 0.15) is 11.5 Å². The summed E-state index contributed by atoms with van der Waals surface area (Å²) >= 11 is 0. The second kappa shape index (κ2) is 11.6. The van der Waals surface area contributed by atoms with Crippen LogP contribution in [0.25, 0.3) is 10.8 Å². The standard InChI is InChI=1S/C27H33N3O5S/c1-3-35-25-14-9-21-7-4-5-8-24(21)26(25)27(31)28-15-6-20-36(32,33)30-18-16-29(17-19-30)22-10-12-23(34-2)13-11-22/h4-5,7-14H,3,6,15-20H2,1-2H3,(H,28,31). The van der Waals surface area contributed by atoms with E-state index in [9.17, 15) is 13.2 Å². The monoisotopic (exact) mass is 511 g/mol. The Morgan fingerprint density at radius 1 is 0.972 bits per heavy atom. The van der Waals surface area contributed by atoms with E-state index in [1.807, 2.05) is 61.5 Å². The van der Waals surface area contributed by atoms with Crippen molar-refractivity contribution in [3.63, 3.8) is 0 Å². The van der Waals surface area contributed by atoms with Gasteiger partial charge in [-0.3, -0.25) is 4.79 Å². The third kappa shape index (κ3) is 5.91. The highest BCUT2D eigenvalue weighted by Gasteiger charge is 2.27. The molecule has 0 saturated carbocycles. The molecule has 9 heteroatoms. The van der Waals surface area contributed by atoms with E-state index < -0.39 is 10.0 Å². The molecule has 36 heavy (non-hydrogen) atoms. The highest BCUT2D eigenvalue weighted by Crippen LogP contribution is 2.28. The summed E-state index contributed by atoms with van der Waals surface area (Å²) in [5.74, 6) is 1.04. The first kappa shape index (κ1) is 25.8. The summed E-state index contributed by atoms with van der Waals surface area (Å²) in [6.45, 7) is 4.72. The lowest BCUT2D eigenvalue weighted by molar-refractivity contribution is 0.0951. The Bertz CT molecular complexity index is 1290. The Kier molecular flexibility index (Phi) is 8.32. The van der Waals surface area contributed by atoms with E-state index in [0.29, 0.717) is 50.5 Å². The number of piperazine rings is 1. The minimum atomic E-state index is -3.40. The number of nitrogens with one attached hydrogen (secondary N) is 1. The van der Waals surface area contributed by atoms with Gasteiger partial charge in [0.05, 0.1) is 25.0 Å². The van der Waals surface area contributed by atoms with Crippen LogP contribution in [0.5, 0.6) is 11.5 Å². The van der Waals surface area contributed by atoms with Gasteiger partial charge in [0.25, 0.3) is 5.91 Å². The van der Waals surface area contributed by atoms with Crippen LogP contribution in [0.2, 0.25) is 0 Å². The molecule has 1 aliphatic rings. The zero-order valence-corrected chi connectivity index (χ0v) is 21.6. The first-order chi connectivity index (χ1) is 17.4. The van der Waals surface area contributed by atoms with Gasteiger partial charge in [-0.05, 0) is 54.4 Å². The molecule has 0 aromatic heterocycles. The maximum atomic E-state index is 13.0. The van der Waals surface area contributed by atoms with Crippen molar-refractivity contribution in [2.24, 2.45) is 0 Å². The molecule has 4 rings (SSSR count). The number of hydrogen-bond acceptors (Lipinski definition) is 6. The third-order valence-corrected chi connectivity index (χ3v) is 8.31. The number of anilines is 1. The number of rotatable bonds is 10. The minimum absolute atomic E-state index is 0.0102. The Hall–Kier alpha value is -3.30. The maximum absolute atomic E-state index is 13.0. The minimum Gasteiger partial charge on any atom is -0.497 e. The predicted octanol–water partition coefficient (Wildman–Crippen LogP) is 3.52. The van der Waals surface area contributed by atoms with Gasteiger partial charge < -0.3 is 19.7 Å². The van der Waals surface area contributed by atoms with Crippen molar-refractivity contribution in [3.8, 4) is 11.5 Å². The van der Waals surface area contributed by atoms with Gasteiger partial charge in [0.15, 0.2) is 0 Å². The lowest BCUT2D eigenvalue weighted by atomic mass is 10.0. The molecule has 0 spiro atoms. The molecular formula is C27H33N3O5S. The largest absolute Gasteiger partial charge is 0.497 e. The van der Waals surface area contributed by atoms with E-state index in [-0.39, 0.29) is 18.2 Å². The Morgan fingerprint density at radius 2 is 1.69 bits per heavy atom. The van der Waals surface area contributed by atoms with Crippen molar-refractivity contribution < 1.29 is 22.7 Å². The summed E-state index contributed by atoms with van der Waals surface area (Å²) in [6.07, 6.45) is 0.335. The van der Waals surface area contributed by atoms with Crippen molar-refractivity contribution in [3.05, 3.63) is 66.2 Å². The molecule has 3 aromatic carbocycles. The van der Waals surface area contributed by atoms with Crippen LogP contribution in [0.15, 0.2) is 60.7 Å². The van der Waals surface area contributed by atoms with Crippen LogP contribution < -0.4 is 19.7 Å². The highest BCUT2D eigenvalue weighted by atomic mass is 32.2. The molecule has 3 aromatic rings. The lowest BCUT2D eigenvalue weighted by Crippen LogP contribution is -2.49. The van der Waals surface area contributed by atoms with Gasteiger partial charge >= 0.3 is 0 Å². The van der Waals surface area contributed by atoms with Gasteiger partial charge in [-0.2, -0.15) is 4.31 Å². The summed E-state index contributed by atoms with van der Waals surface area (Å²) in [5.41, 5.74) is 1.53. The van der Waals surface area contributed by atoms with Crippen LogP contribution in [0.1, 0.15) is 23.7 Å². The Balaban J connectivity index is 1.30. The first-order valence-corrected chi connectivity index (χ1v) is 13.8. The highest BCUT2D eigenvalue weighted by molar-refractivity contribution is 7.89. The normalized spacial score (nSPS) is 14.6. The zero-order valence-electron chi connectivity index (χ0n) is 20.8. The number of methoxy groups -OCH3 is 1. The second-order valence-electron chi connectivity index (χ2n) is 8.60. The molecule has 0 radical (unpaired) electrons. The lowest BCUT2D eigenvalue weighted by Gasteiger charge is -2.35. The molecule has 1 amide bonds. The second-order valence-corrected chi connectivity index (χ2v) is 10.7. The number of ether oxygens (including phenoxy) is 2. The van der Waals surface area contributed by atoms with Crippen LogP contribution in [0.3, 0.4) is 0 Å². The number of sulfonamides is 1. The zero-order chi connectivity index (χ0) is 25.5. The SMILES string of the molecule is CCOc1ccc2ccccc2c1C(=O)NCCCS(=O)(=O)N1CCN(c2ccc(OC)cc2)CC1. The summed E-state index contributed by atoms with van der Waals surface area (Å²) in [5, 5.41) is 4.64. The number of carbonyl (C=O) groups is 1. The molecule has 1 N–H and O–H groups in total. The van der Waals surface area contributed by atoms with Gasteiger partial charge in [-0.25, -0.2) is 8.42 Å². The van der Waals surface area contributed by atoms with Gasteiger partial charge in [-0.15, -0.1) is 0 Å². The first-order valence-electron chi connectivity index (χ1n) is 12.2. The summed E-state index contributed by atoms with van der Waals surface area (Å²) in [6, 6.07) is 19.2. The van der Waals surface area contributed by atoms with E-state index in [1.54, 1.807) is 17.5 Å². The van der Waals surface area contributed by atoms with Gasteiger partial charge in [0, 0.05) is 38.4 Å². The molecule has 8 nitrogen and oxygen atoms in total. The van der Waals surface area contributed by atoms with Crippen LogP contribution in [-0.2, 0) is 10.0 Å². The molecule has 0 aliphatic carbocycles. The maximum Gasteiger partial charge on any atom is 0.255 e. The number of nitrogens with zero attached hydrogens (tertiary/aromatic N) is 2. The van der Waals surface area contributed by atoms with Crippen LogP contribution in [-0.4, -0.2) is 70.8 Å². The number of carbonyl (C=O) groups excluding carboxylic acids is 1. The van der Waals surface area contributed by atoms with Gasteiger partial charge in [0.2, 0.25) is 10.0 Å². The van der Waals surface area contributed by atoms with Crippen molar-refractivity contribution in [1.82, 2.24) is 9.62 Å². The average molecular weight is 512 g/mol. The molecule has 0 atom stereocenters.